The number of rotatable bonds is 5. The Kier molecular flexibility index (Phi) is 7.61. The van der Waals surface area contributed by atoms with Gasteiger partial charge in [-0.2, -0.15) is 0 Å². The lowest BCUT2D eigenvalue weighted by Gasteiger charge is -2.40. The summed E-state index contributed by atoms with van der Waals surface area (Å²) in [5.41, 5.74) is 4.02. The van der Waals surface area contributed by atoms with Gasteiger partial charge in [0.05, 0.1) is 12.6 Å². The predicted octanol–water partition coefficient (Wildman–Crippen LogP) is 5.34. The normalized spacial score (nSPS) is 17.5. The third kappa shape index (κ3) is 5.66. The van der Waals surface area contributed by atoms with Gasteiger partial charge in [-0.05, 0) is 57.3 Å². The highest BCUT2D eigenvalue weighted by Crippen LogP contribution is 2.43. The van der Waals surface area contributed by atoms with Gasteiger partial charge in [0, 0.05) is 37.7 Å². The Morgan fingerprint density at radius 3 is 1.78 bits per heavy atom. The highest BCUT2D eigenvalue weighted by molar-refractivity contribution is 6.30. The number of benzene rings is 2. The van der Waals surface area contributed by atoms with Gasteiger partial charge >= 0.3 is 0 Å². The molecule has 0 radical (unpaired) electrons. The molecule has 0 saturated carbocycles. The van der Waals surface area contributed by atoms with Gasteiger partial charge < -0.3 is 10.2 Å². The maximum atomic E-state index is 11.2. The molecular formula is C27H39ClN2O2. The Bertz CT molecular complexity index is 870. The van der Waals surface area contributed by atoms with Gasteiger partial charge in [0.2, 0.25) is 0 Å². The van der Waals surface area contributed by atoms with Crippen LogP contribution in [0, 0.1) is 0 Å². The average Bonchev–Trinajstić information content (AvgIpc) is 2.70. The second-order valence-electron chi connectivity index (χ2n) is 11.0. The van der Waals surface area contributed by atoms with Crippen LogP contribution < -0.4 is 0 Å². The van der Waals surface area contributed by atoms with Crippen LogP contribution >= 0.6 is 11.6 Å². The van der Waals surface area contributed by atoms with E-state index in [2.05, 4.69) is 75.6 Å². The van der Waals surface area contributed by atoms with E-state index < -0.39 is 0 Å². The number of aromatic hydroxyl groups is 1. The minimum atomic E-state index is -0.176. The quantitative estimate of drug-likeness (QED) is 0.634. The van der Waals surface area contributed by atoms with E-state index in [1.807, 2.05) is 12.1 Å². The van der Waals surface area contributed by atoms with Crippen LogP contribution in [0.1, 0.15) is 69.8 Å². The molecule has 1 saturated heterocycles. The summed E-state index contributed by atoms with van der Waals surface area (Å²) < 4.78 is 0. The van der Waals surface area contributed by atoms with Crippen molar-refractivity contribution in [2.45, 2.75) is 58.4 Å². The number of phenols is 1. The van der Waals surface area contributed by atoms with Gasteiger partial charge in [-0.25, -0.2) is 0 Å². The first-order chi connectivity index (χ1) is 14.9. The molecule has 0 unspecified atom stereocenters. The third-order valence-corrected chi connectivity index (χ3v) is 6.69. The van der Waals surface area contributed by atoms with Crippen LogP contribution in [0.3, 0.4) is 0 Å². The molecule has 176 valence electrons. The van der Waals surface area contributed by atoms with Crippen molar-refractivity contribution in [3.8, 4) is 5.75 Å². The van der Waals surface area contributed by atoms with Gasteiger partial charge in [0.15, 0.2) is 0 Å². The average molecular weight is 459 g/mol. The zero-order valence-electron chi connectivity index (χ0n) is 20.5. The standard InChI is InChI=1S/C27H39ClN2O2/c1-26(2,3)22-17-20(18-23(25(22)32)27(4,5)6)24(19-7-9-21(28)10-8-19)30-13-11-29(12-14-30)15-16-31/h7-10,17-18,24,31-32H,11-16H2,1-6H3/t24-/m0/s1. The Morgan fingerprint density at radius 2 is 1.34 bits per heavy atom. The molecule has 1 aliphatic rings. The first-order valence-electron chi connectivity index (χ1n) is 11.6. The highest BCUT2D eigenvalue weighted by Gasteiger charge is 2.31. The van der Waals surface area contributed by atoms with Crippen LogP contribution in [-0.4, -0.2) is 59.3 Å². The molecule has 2 N–H and O–H groups in total. The maximum Gasteiger partial charge on any atom is 0.123 e. The minimum absolute atomic E-state index is 0.0753. The van der Waals surface area contributed by atoms with E-state index in [0.29, 0.717) is 5.75 Å². The number of piperazine rings is 1. The zero-order valence-corrected chi connectivity index (χ0v) is 21.2. The summed E-state index contributed by atoms with van der Waals surface area (Å²) in [5, 5.41) is 21.3. The topological polar surface area (TPSA) is 46.9 Å². The van der Waals surface area contributed by atoms with E-state index in [4.69, 9.17) is 11.6 Å². The number of nitrogens with zero attached hydrogens (tertiary/aromatic N) is 2. The van der Waals surface area contributed by atoms with Crippen LogP contribution in [0.5, 0.6) is 5.75 Å². The summed E-state index contributed by atoms with van der Waals surface area (Å²) in [6, 6.07) is 12.6. The van der Waals surface area contributed by atoms with Crippen molar-refractivity contribution in [3.05, 3.63) is 63.7 Å². The number of phenolic OH excluding ortho intramolecular Hbond substituents is 1. The van der Waals surface area contributed by atoms with Crippen molar-refractivity contribution in [1.82, 2.24) is 9.80 Å². The Balaban J connectivity index is 2.13. The summed E-state index contributed by atoms with van der Waals surface area (Å²) in [6.45, 7) is 17.6. The first kappa shape index (κ1) is 25.0. The number of hydrogen-bond acceptors (Lipinski definition) is 4. The molecule has 2 aromatic carbocycles. The molecule has 1 fully saturated rings. The fraction of sp³-hybridized carbons (Fsp3) is 0.556. The van der Waals surface area contributed by atoms with Gasteiger partial charge in [-0.1, -0.05) is 65.3 Å². The van der Waals surface area contributed by atoms with Crippen molar-refractivity contribution in [2.24, 2.45) is 0 Å². The van der Waals surface area contributed by atoms with Crippen LogP contribution in [0.25, 0.3) is 0 Å². The molecular weight excluding hydrogens is 420 g/mol. The molecule has 1 atom stereocenters. The van der Waals surface area contributed by atoms with E-state index in [0.717, 1.165) is 48.9 Å². The number of β-amino-alcohol motifs (C(OH)–C–C–N with tert-alkyl or cyclic N) is 1. The number of halogens is 1. The summed E-state index contributed by atoms with van der Waals surface area (Å²) in [7, 11) is 0. The summed E-state index contributed by atoms with van der Waals surface area (Å²) in [6.07, 6.45) is 0. The SMILES string of the molecule is CC(C)(C)c1cc([C@H](c2ccc(Cl)cc2)N2CCN(CCO)CC2)cc(C(C)(C)C)c1O. The zero-order chi connectivity index (χ0) is 23.7. The van der Waals surface area contributed by atoms with Crippen molar-refractivity contribution < 1.29 is 10.2 Å². The van der Waals surface area contributed by atoms with E-state index >= 15 is 0 Å². The highest BCUT2D eigenvalue weighted by atomic mass is 35.5. The number of aliphatic hydroxyl groups is 1. The predicted molar refractivity (Wildman–Crippen MR) is 134 cm³/mol. The van der Waals surface area contributed by atoms with Gasteiger partial charge in [-0.3, -0.25) is 9.80 Å². The summed E-state index contributed by atoms with van der Waals surface area (Å²) in [4.78, 5) is 4.83. The fourth-order valence-electron chi connectivity index (χ4n) is 4.60. The number of aliphatic hydroxyl groups excluding tert-OH is 1. The van der Waals surface area contributed by atoms with Crippen molar-refractivity contribution in [1.29, 1.82) is 0 Å². The minimum Gasteiger partial charge on any atom is -0.507 e. The third-order valence-electron chi connectivity index (χ3n) is 6.44. The van der Waals surface area contributed by atoms with Crippen molar-refractivity contribution in [3.63, 3.8) is 0 Å². The van der Waals surface area contributed by atoms with E-state index in [9.17, 15) is 10.2 Å². The van der Waals surface area contributed by atoms with Crippen LogP contribution in [0.4, 0.5) is 0 Å². The molecule has 0 aliphatic carbocycles. The Morgan fingerprint density at radius 1 is 0.844 bits per heavy atom. The van der Waals surface area contributed by atoms with Gasteiger partial charge in [0.1, 0.15) is 5.75 Å². The van der Waals surface area contributed by atoms with Crippen molar-refractivity contribution in [2.75, 3.05) is 39.3 Å². The molecule has 32 heavy (non-hydrogen) atoms. The summed E-state index contributed by atoms with van der Waals surface area (Å²) >= 11 is 6.22. The van der Waals surface area contributed by atoms with Gasteiger partial charge in [-0.15, -0.1) is 0 Å². The monoisotopic (exact) mass is 458 g/mol. The van der Waals surface area contributed by atoms with Crippen molar-refractivity contribution >= 4 is 11.6 Å². The molecule has 5 heteroatoms. The second-order valence-corrected chi connectivity index (χ2v) is 11.5. The molecule has 2 aromatic rings. The molecule has 0 amide bonds. The van der Waals surface area contributed by atoms with Crippen LogP contribution in [0.2, 0.25) is 5.02 Å². The molecule has 0 spiro atoms. The maximum absolute atomic E-state index is 11.2. The Labute approximate surface area is 198 Å². The lowest BCUT2D eigenvalue weighted by atomic mass is 9.77. The van der Waals surface area contributed by atoms with Crippen LogP contribution in [-0.2, 0) is 10.8 Å². The lowest BCUT2D eigenvalue weighted by molar-refractivity contribution is 0.0944. The molecule has 4 nitrogen and oxygen atoms in total. The molecule has 0 aromatic heterocycles. The smallest absolute Gasteiger partial charge is 0.123 e. The largest absolute Gasteiger partial charge is 0.507 e. The van der Waals surface area contributed by atoms with E-state index in [1.54, 1.807) is 0 Å². The molecule has 0 bridgehead atoms. The van der Waals surface area contributed by atoms with E-state index in [-0.39, 0.29) is 23.5 Å². The molecule has 3 rings (SSSR count). The lowest BCUT2D eigenvalue weighted by Crippen LogP contribution is -2.48. The van der Waals surface area contributed by atoms with E-state index in [1.165, 1.54) is 11.1 Å². The Hall–Kier alpha value is -1.59. The fourth-order valence-corrected chi connectivity index (χ4v) is 4.73. The second kappa shape index (κ2) is 9.72. The van der Waals surface area contributed by atoms with Gasteiger partial charge in [0.25, 0.3) is 0 Å². The molecule has 1 heterocycles. The van der Waals surface area contributed by atoms with Crippen LogP contribution in [0.15, 0.2) is 36.4 Å². The number of hydrogen-bond donors (Lipinski definition) is 2. The first-order valence-corrected chi connectivity index (χ1v) is 12.0. The summed E-state index contributed by atoms with van der Waals surface area (Å²) in [5.74, 6) is 0.413. The molecule has 1 aliphatic heterocycles.